The summed E-state index contributed by atoms with van der Waals surface area (Å²) in [6.07, 6.45) is 4.18. The maximum Gasteiger partial charge on any atom is 0.244 e. The minimum atomic E-state index is -0.170. The smallest absolute Gasteiger partial charge is 0.244 e. The van der Waals surface area contributed by atoms with Crippen LogP contribution in [0.4, 0.5) is 11.4 Å². The van der Waals surface area contributed by atoms with Crippen LogP contribution in [-0.4, -0.2) is 30.9 Å². The third-order valence-electron chi connectivity index (χ3n) is 3.90. The van der Waals surface area contributed by atoms with Gasteiger partial charge in [-0.1, -0.05) is 25.0 Å². The molecular formula is C15H19N3O2. The van der Waals surface area contributed by atoms with Gasteiger partial charge in [0.25, 0.3) is 0 Å². The summed E-state index contributed by atoms with van der Waals surface area (Å²) in [6, 6.07) is 7.28. The topological polar surface area (TPSA) is 61.4 Å². The number of hydrogen-bond donors (Lipinski definition) is 2. The molecule has 0 radical (unpaired) electrons. The molecule has 2 aliphatic heterocycles. The number of hydrogen-bond acceptors (Lipinski definition) is 3. The molecule has 3 rings (SSSR count). The molecule has 2 aliphatic rings. The van der Waals surface area contributed by atoms with Gasteiger partial charge in [-0.05, 0) is 31.5 Å². The average molecular weight is 273 g/mol. The summed E-state index contributed by atoms with van der Waals surface area (Å²) in [5, 5.41) is 6.11. The van der Waals surface area contributed by atoms with Crippen LogP contribution in [0.2, 0.25) is 0 Å². The predicted octanol–water partition coefficient (Wildman–Crippen LogP) is 1.50. The summed E-state index contributed by atoms with van der Waals surface area (Å²) in [4.78, 5) is 26.1. The molecule has 0 spiro atoms. The number of carbonyl (C=O) groups excluding carboxylic acids is 2. The first-order chi connectivity index (χ1) is 9.75. The van der Waals surface area contributed by atoms with E-state index in [0.29, 0.717) is 5.69 Å². The summed E-state index contributed by atoms with van der Waals surface area (Å²) in [5.74, 6) is -0.125. The lowest BCUT2D eigenvalue weighted by molar-refractivity contribution is -0.123. The minimum Gasteiger partial charge on any atom is -0.323 e. The number of para-hydroxylation sites is 2. The lowest BCUT2D eigenvalue weighted by Crippen LogP contribution is -2.50. The van der Waals surface area contributed by atoms with Crippen LogP contribution in [0, 0.1) is 0 Å². The van der Waals surface area contributed by atoms with Crippen molar-refractivity contribution in [3.05, 3.63) is 24.3 Å². The van der Waals surface area contributed by atoms with E-state index in [1.807, 2.05) is 24.3 Å². The van der Waals surface area contributed by atoms with Crippen molar-refractivity contribution in [2.75, 3.05) is 23.3 Å². The van der Waals surface area contributed by atoms with Crippen molar-refractivity contribution in [2.45, 2.75) is 31.7 Å². The number of rotatable bonds is 1. The lowest BCUT2D eigenvalue weighted by Gasteiger charge is -2.31. The lowest BCUT2D eigenvalue weighted by atomic mass is 10.1. The Hall–Kier alpha value is -1.88. The second-order valence-corrected chi connectivity index (χ2v) is 5.35. The first kappa shape index (κ1) is 13.1. The minimum absolute atomic E-state index is 0.00852. The number of nitrogens with zero attached hydrogens (tertiary/aromatic N) is 1. The summed E-state index contributed by atoms with van der Waals surface area (Å²) in [5.41, 5.74) is 1.51. The van der Waals surface area contributed by atoms with E-state index in [-0.39, 0.29) is 24.4 Å². The zero-order valence-electron chi connectivity index (χ0n) is 11.4. The van der Waals surface area contributed by atoms with Crippen molar-refractivity contribution >= 4 is 23.2 Å². The highest BCUT2D eigenvalue weighted by Gasteiger charge is 2.31. The quantitative estimate of drug-likeness (QED) is 0.815. The predicted molar refractivity (Wildman–Crippen MR) is 77.7 cm³/mol. The van der Waals surface area contributed by atoms with E-state index in [4.69, 9.17) is 0 Å². The third-order valence-corrected chi connectivity index (χ3v) is 3.90. The van der Waals surface area contributed by atoms with Crippen molar-refractivity contribution in [3.63, 3.8) is 0 Å². The van der Waals surface area contributed by atoms with Crippen molar-refractivity contribution in [1.82, 2.24) is 5.32 Å². The fraction of sp³-hybridized carbons (Fsp3) is 0.467. The largest absolute Gasteiger partial charge is 0.323 e. The number of anilines is 2. The van der Waals surface area contributed by atoms with E-state index >= 15 is 0 Å². The molecule has 106 valence electrons. The molecule has 2 N–H and O–H groups in total. The molecule has 1 atom stereocenters. The van der Waals surface area contributed by atoms with Gasteiger partial charge in [-0.2, -0.15) is 0 Å². The van der Waals surface area contributed by atoms with Gasteiger partial charge in [-0.25, -0.2) is 0 Å². The molecule has 5 nitrogen and oxygen atoms in total. The van der Waals surface area contributed by atoms with Crippen LogP contribution in [0.5, 0.6) is 0 Å². The molecule has 5 heteroatoms. The Morgan fingerprint density at radius 1 is 1.20 bits per heavy atom. The van der Waals surface area contributed by atoms with Gasteiger partial charge in [-0.15, -0.1) is 0 Å². The first-order valence-electron chi connectivity index (χ1n) is 7.19. The van der Waals surface area contributed by atoms with E-state index < -0.39 is 0 Å². The van der Waals surface area contributed by atoms with Crippen molar-refractivity contribution in [2.24, 2.45) is 0 Å². The maximum atomic E-state index is 12.7. The molecule has 0 aliphatic carbocycles. The normalized spacial score (nSPS) is 22.7. The number of amides is 2. The van der Waals surface area contributed by atoms with E-state index in [0.717, 1.165) is 37.9 Å². The van der Waals surface area contributed by atoms with Crippen LogP contribution in [-0.2, 0) is 9.59 Å². The van der Waals surface area contributed by atoms with Gasteiger partial charge in [0, 0.05) is 0 Å². The van der Waals surface area contributed by atoms with Gasteiger partial charge in [-0.3, -0.25) is 14.5 Å². The maximum absolute atomic E-state index is 12.7. The average Bonchev–Trinajstić information content (AvgIpc) is 2.74. The number of nitrogens with one attached hydrogen (secondary N) is 2. The van der Waals surface area contributed by atoms with Crippen LogP contribution in [0.3, 0.4) is 0 Å². The summed E-state index contributed by atoms with van der Waals surface area (Å²) in [6.45, 7) is 0.978. The highest BCUT2D eigenvalue weighted by atomic mass is 16.2. The molecule has 1 saturated heterocycles. The zero-order valence-corrected chi connectivity index (χ0v) is 11.4. The molecule has 1 unspecified atom stereocenters. The molecule has 0 aromatic heterocycles. The number of benzene rings is 1. The highest BCUT2D eigenvalue weighted by Crippen LogP contribution is 2.29. The molecule has 2 heterocycles. The fourth-order valence-corrected chi connectivity index (χ4v) is 2.86. The highest BCUT2D eigenvalue weighted by molar-refractivity contribution is 6.11. The molecule has 20 heavy (non-hydrogen) atoms. The van der Waals surface area contributed by atoms with E-state index in [2.05, 4.69) is 10.6 Å². The Balaban J connectivity index is 1.85. The number of fused-ring (bicyclic) bond motifs is 1. The molecule has 1 fully saturated rings. The monoisotopic (exact) mass is 273 g/mol. The second kappa shape index (κ2) is 5.63. The zero-order chi connectivity index (χ0) is 13.9. The van der Waals surface area contributed by atoms with Gasteiger partial charge in [0.05, 0.1) is 17.4 Å². The van der Waals surface area contributed by atoms with Crippen LogP contribution in [0.15, 0.2) is 24.3 Å². The molecule has 0 bridgehead atoms. The van der Waals surface area contributed by atoms with Crippen molar-refractivity contribution < 1.29 is 9.59 Å². The van der Waals surface area contributed by atoms with E-state index in [9.17, 15) is 9.59 Å². The fourth-order valence-electron chi connectivity index (χ4n) is 2.86. The van der Waals surface area contributed by atoms with Gasteiger partial charge in [0.15, 0.2) is 0 Å². The molecule has 2 amide bonds. The second-order valence-electron chi connectivity index (χ2n) is 5.35. The van der Waals surface area contributed by atoms with Gasteiger partial charge in [0.2, 0.25) is 11.8 Å². The van der Waals surface area contributed by atoms with E-state index in [1.54, 1.807) is 4.90 Å². The Morgan fingerprint density at radius 3 is 2.95 bits per heavy atom. The Kier molecular flexibility index (Phi) is 3.69. The summed E-state index contributed by atoms with van der Waals surface area (Å²) < 4.78 is 0. The number of carbonyl (C=O) groups is 2. The van der Waals surface area contributed by atoms with Gasteiger partial charge < -0.3 is 10.6 Å². The van der Waals surface area contributed by atoms with Crippen LogP contribution in [0.1, 0.15) is 25.7 Å². The van der Waals surface area contributed by atoms with Crippen molar-refractivity contribution in [3.8, 4) is 0 Å². The van der Waals surface area contributed by atoms with Crippen LogP contribution >= 0.6 is 0 Å². The third kappa shape index (κ3) is 2.54. The molecule has 0 saturated carbocycles. The van der Waals surface area contributed by atoms with Gasteiger partial charge >= 0.3 is 0 Å². The Morgan fingerprint density at radius 2 is 2.05 bits per heavy atom. The van der Waals surface area contributed by atoms with E-state index in [1.165, 1.54) is 0 Å². The van der Waals surface area contributed by atoms with Gasteiger partial charge in [0.1, 0.15) is 6.54 Å². The first-order valence-corrected chi connectivity index (χ1v) is 7.19. The SMILES string of the molecule is O=C1CN(C(=O)C2CCCCCN2)c2ccccc2N1. The Bertz CT molecular complexity index is 522. The van der Waals surface area contributed by atoms with Crippen LogP contribution < -0.4 is 15.5 Å². The standard InChI is InChI=1S/C15H19N3O2/c19-14-10-18(13-8-4-3-6-11(13)17-14)15(20)12-7-2-1-5-9-16-12/h3-4,6,8,12,16H,1-2,5,7,9-10H2,(H,17,19). The van der Waals surface area contributed by atoms with Crippen molar-refractivity contribution in [1.29, 1.82) is 0 Å². The van der Waals surface area contributed by atoms with Crippen LogP contribution in [0.25, 0.3) is 0 Å². The Labute approximate surface area is 118 Å². The summed E-state index contributed by atoms with van der Waals surface area (Å²) in [7, 11) is 0. The summed E-state index contributed by atoms with van der Waals surface area (Å²) >= 11 is 0. The molecule has 1 aromatic carbocycles. The molecular weight excluding hydrogens is 254 g/mol. The molecule has 1 aromatic rings.